The van der Waals surface area contributed by atoms with Crippen molar-refractivity contribution in [3.63, 3.8) is 0 Å². The monoisotopic (exact) mass is 820 g/mol. The summed E-state index contributed by atoms with van der Waals surface area (Å²) in [5.74, 6) is -3.75. The van der Waals surface area contributed by atoms with Crippen LogP contribution in [0.3, 0.4) is 0 Å². The van der Waals surface area contributed by atoms with Gasteiger partial charge in [0.15, 0.2) is 35.0 Å². The van der Waals surface area contributed by atoms with Gasteiger partial charge in [-0.05, 0) is 64.2 Å². The van der Waals surface area contributed by atoms with Gasteiger partial charge < -0.3 is 49.6 Å². The summed E-state index contributed by atoms with van der Waals surface area (Å²) in [6, 6.07) is 0. The summed E-state index contributed by atoms with van der Waals surface area (Å²) < 4.78 is 23.5. The predicted molar refractivity (Wildman–Crippen MR) is 210 cm³/mol. The number of ketones is 2. The highest BCUT2D eigenvalue weighted by atomic mass is 16.6. The molecule has 0 aromatic rings. The van der Waals surface area contributed by atoms with Gasteiger partial charge in [-0.2, -0.15) is 0 Å². The number of aliphatic hydroxyl groups excluding tert-OH is 4. The maximum Gasteiger partial charge on any atom is 0.303 e. The first kappa shape index (κ1) is 46.5. The summed E-state index contributed by atoms with van der Waals surface area (Å²) in [4.78, 5) is 51.0. The second-order valence-corrected chi connectivity index (χ2v) is 20.7. The van der Waals surface area contributed by atoms with E-state index in [-0.39, 0.29) is 12.8 Å². The molecule has 6 fully saturated rings. The zero-order valence-electron chi connectivity index (χ0n) is 36.4. The number of aliphatic hydroxyl groups is 6. The highest BCUT2D eigenvalue weighted by molar-refractivity contribution is 5.93. The number of rotatable bonds is 4. The summed E-state index contributed by atoms with van der Waals surface area (Å²) in [6.07, 6.45) is -2.59. The molecule has 0 bridgehead atoms. The van der Waals surface area contributed by atoms with Gasteiger partial charge in [-0.1, -0.05) is 53.7 Å². The predicted octanol–water partition coefficient (Wildman–Crippen LogP) is 3.04. The third-order valence-corrected chi connectivity index (χ3v) is 16.0. The zero-order valence-corrected chi connectivity index (χ0v) is 36.4. The van der Waals surface area contributed by atoms with Crippen molar-refractivity contribution in [1.29, 1.82) is 0 Å². The van der Waals surface area contributed by atoms with Crippen LogP contribution in [0.2, 0.25) is 0 Å². The second-order valence-electron chi connectivity index (χ2n) is 20.7. The Hall–Kier alpha value is -2.56. The van der Waals surface area contributed by atoms with Gasteiger partial charge in [-0.25, -0.2) is 0 Å². The van der Waals surface area contributed by atoms with E-state index >= 15 is 0 Å². The Morgan fingerprint density at radius 3 is 1.17 bits per heavy atom. The summed E-state index contributed by atoms with van der Waals surface area (Å²) >= 11 is 0. The van der Waals surface area contributed by atoms with Crippen LogP contribution in [0.25, 0.3) is 0 Å². The van der Waals surface area contributed by atoms with Crippen molar-refractivity contribution >= 4 is 23.5 Å². The number of hydrogen-bond acceptors (Lipinski definition) is 14. The Bertz CT molecular complexity index is 1620. The average molecular weight is 821 g/mol. The lowest BCUT2D eigenvalue weighted by molar-refractivity contribution is -0.370. The van der Waals surface area contributed by atoms with E-state index in [1.807, 2.05) is 27.7 Å². The molecular formula is C44H68O14. The summed E-state index contributed by atoms with van der Waals surface area (Å²) in [5.41, 5.74) is -14.0. The Balaban J connectivity index is 0.000000221. The molecule has 0 amide bonds. The van der Waals surface area contributed by atoms with Crippen molar-refractivity contribution in [3.05, 3.63) is 25.3 Å². The topological polar surface area (TPSA) is 227 Å². The Kier molecular flexibility index (Phi) is 11.2. The van der Waals surface area contributed by atoms with Crippen LogP contribution < -0.4 is 0 Å². The minimum atomic E-state index is -2.18. The Labute approximate surface area is 342 Å². The van der Waals surface area contributed by atoms with Crippen LogP contribution in [0, 0.1) is 33.5 Å². The maximum atomic E-state index is 13.6. The van der Waals surface area contributed by atoms with Gasteiger partial charge in [0.1, 0.15) is 11.2 Å². The normalized spacial score (nSPS) is 51.6. The van der Waals surface area contributed by atoms with Crippen molar-refractivity contribution in [1.82, 2.24) is 0 Å². The molecular weight excluding hydrogens is 752 g/mol. The van der Waals surface area contributed by atoms with Crippen LogP contribution >= 0.6 is 0 Å². The number of ether oxygens (including phenoxy) is 4. The molecule has 4 aliphatic carbocycles. The third-order valence-electron chi connectivity index (χ3n) is 16.0. The van der Waals surface area contributed by atoms with E-state index in [4.69, 9.17) is 18.9 Å². The van der Waals surface area contributed by atoms with Gasteiger partial charge in [0.25, 0.3) is 0 Å². The van der Waals surface area contributed by atoms with E-state index in [2.05, 4.69) is 13.2 Å². The van der Waals surface area contributed by atoms with Crippen LogP contribution in [0.1, 0.15) is 122 Å². The van der Waals surface area contributed by atoms with E-state index in [1.165, 1.54) is 39.8 Å². The molecule has 6 aliphatic rings. The number of fused-ring (bicyclic) bond motifs is 6. The number of esters is 2. The highest BCUT2D eigenvalue weighted by Gasteiger charge is 2.83. The standard InChI is InChI=1S/2C22H34O7/c2*1-8-19(5)11-14(25)22(27)20(6)13(24)9-10-18(3,4)16(20)15(26)17(28-12(2)23)21(22,7)29-19/h2*8,13,15-17,24,26-27H,1,9-11H2,2-7H3/t2*13-,15-,16-,17-,19-,20-,21+,22-/m00/s1. The van der Waals surface area contributed by atoms with Crippen LogP contribution in [-0.2, 0) is 38.1 Å². The van der Waals surface area contributed by atoms with Crippen molar-refractivity contribution in [2.24, 2.45) is 33.5 Å². The molecule has 0 spiro atoms. The molecule has 2 aliphatic heterocycles. The fraction of sp³-hybridized carbons (Fsp3) is 0.818. The van der Waals surface area contributed by atoms with E-state index in [1.54, 1.807) is 27.7 Å². The molecule has 4 saturated carbocycles. The van der Waals surface area contributed by atoms with Gasteiger partial charge in [0.2, 0.25) is 0 Å². The van der Waals surface area contributed by atoms with Gasteiger partial charge in [0.05, 0.1) is 35.6 Å². The quantitative estimate of drug-likeness (QED) is 0.177. The molecule has 14 heteroatoms. The zero-order chi connectivity index (χ0) is 44.4. The van der Waals surface area contributed by atoms with Crippen molar-refractivity contribution in [2.75, 3.05) is 0 Å². The lowest BCUT2D eigenvalue weighted by Gasteiger charge is -2.71. The van der Waals surface area contributed by atoms with E-state index in [0.717, 1.165) is 0 Å². The minimum absolute atomic E-state index is 0.138. The minimum Gasteiger partial charge on any atom is -0.457 e. The number of Topliss-reactive ketones (excluding diaryl/α,β-unsaturated/α-hetero) is 2. The molecule has 0 unspecified atom stereocenters. The van der Waals surface area contributed by atoms with E-state index in [0.29, 0.717) is 25.7 Å². The molecule has 0 radical (unpaired) electrons. The third kappa shape index (κ3) is 5.93. The van der Waals surface area contributed by atoms with Crippen LogP contribution in [0.15, 0.2) is 25.3 Å². The Morgan fingerprint density at radius 1 is 0.621 bits per heavy atom. The summed E-state index contributed by atoms with van der Waals surface area (Å²) in [5, 5.41) is 69.4. The smallest absolute Gasteiger partial charge is 0.303 e. The average Bonchev–Trinajstić information content (AvgIpc) is 3.09. The van der Waals surface area contributed by atoms with Gasteiger partial charge in [-0.15, -0.1) is 13.2 Å². The fourth-order valence-corrected chi connectivity index (χ4v) is 13.3. The molecule has 6 rings (SSSR count). The molecule has 2 heterocycles. The van der Waals surface area contributed by atoms with Gasteiger partial charge in [0, 0.05) is 49.4 Å². The van der Waals surface area contributed by atoms with Gasteiger partial charge in [-0.3, -0.25) is 19.2 Å². The summed E-state index contributed by atoms with van der Waals surface area (Å²) in [6.45, 7) is 27.2. The lowest BCUT2D eigenvalue weighted by atomic mass is 9.40. The summed E-state index contributed by atoms with van der Waals surface area (Å²) in [7, 11) is 0. The van der Waals surface area contributed by atoms with Crippen LogP contribution in [-0.4, -0.2) is 124 Å². The maximum absolute atomic E-state index is 13.6. The van der Waals surface area contributed by atoms with Crippen molar-refractivity contribution in [3.8, 4) is 0 Å². The number of hydrogen-bond donors (Lipinski definition) is 6. The van der Waals surface area contributed by atoms with Crippen molar-refractivity contribution < 1.29 is 68.8 Å². The first-order valence-corrected chi connectivity index (χ1v) is 20.5. The second kappa shape index (κ2) is 14.0. The molecule has 328 valence electrons. The Morgan fingerprint density at radius 2 is 0.914 bits per heavy atom. The first-order valence-electron chi connectivity index (χ1n) is 20.5. The van der Waals surface area contributed by atoms with Crippen LogP contribution in [0.5, 0.6) is 0 Å². The number of carbonyl (C=O) groups is 4. The van der Waals surface area contributed by atoms with E-state index in [9.17, 15) is 49.8 Å². The molecule has 6 N–H and O–H groups in total. The molecule has 14 nitrogen and oxygen atoms in total. The SMILES string of the molecule is C=C[C@@]1(C)CC(=O)[C@]2(O)[C@@]3(C)[C@@H](O)CCC(C)(C)[C@@H]3[C@H](O)[C@H](OC(C)=O)[C@@]2(C)O1.C=C[C@@]1(C)CC(=O)[C@]2(O)[C@@]3(C)[C@@H](O)CCC(C)(C)[C@@H]3[C@H](O)[C@H](OC(C)=O)[C@@]2(C)O1. The molecule has 0 aromatic heterocycles. The molecule has 2 saturated heterocycles. The first-order chi connectivity index (χ1) is 26.2. The van der Waals surface area contributed by atoms with E-state index < -0.39 is 127 Å². The fourth-order valence-electron chi connectivity index (χ4n) is 13.3. The highest BCUT2D eigenvalue weighted by Crippen LogP contribution is 2.68. The largest absolute Gasteiger partial charge is 0.457 e. The van der Waals surface area contributed by atoms with Crippen molar-refractivity contribution in [2.45, 2.75) is 192 Å². The number of carbonyl (C=O) groups excluding carboxylic acids is 4. The lowest BCUT2D eigenvalue weighted by Crippen LogP contribution is -2.86. The molecule has 0 aromatic carbocycles. The van der Waals surface area contributed by atoms with Gasteiger partial charge >= 0.3 is 11.9 Å². The molecule has 58 heavy (non-hydrogen) atoms. The molecule has 16 atom stereocenters. The van der Waals surface area contributed by atoms with Crippen LogP contribution in [0.4, 0.5) is 0 Å².